The number of fused-ring (bicyclic) bond motifs is 14. The maximum atomic E-state index is 9.54. The minimum Gasteiger partial charge on any atom is -0.318 e. The standard InChI is InChI=1S/C76H44N6S2/c1-77-60-45-59(76-79-74(49-27-13-5-14-28-49)78-75(80-76)50-29-15-6-16-30-50)70(81-61-39-35-51(46-21-7-2-8-22-46)43-57(61)68-63(81)41-37-55-53-31-17-19-33-65(53)83-72(55)68)67(48-25-11-4-12-26-48)71(60)82-62-40-36-52(47-23-9-3-10-24-47)44-58(62)69-64(82)42-38-56-54-32-18-20-34-66(54)84-73(56)69/h2-45H. The van der Waals surface area contributed by atoms with Crippen LogP contribution < -0.4 is 0 Å². The van der Waals surface area contributed by atoms with E-state index in [1.807, 2.05) is 83.3 Å². The van der Waals surface area contributed by atoms with E-state index in [1.54, 1.807) is 0 Å². The third-order valence-corrected chi connectivity index (χ3v) is 19.0. The van der Waals surface area contributed by atoms with Gasteiger partial charge in [-0.15, -0.1) is 22.7 Å². The highest BCUT2D eigenvalue weighted by atomic mass is 32.1. The van der Waals surface area contributed by atoms with Crippen molar-refractivity contribution < 1.29 is 0 Å². The topological polar surface area (TPSA) is 52.9 Å². The van der Waals surface area contributed by atoms with E-state index in [4.69, 9.17) is 15.0 Å². The van der Waals surface area contributed by atoms with Crippen molar-refractivity contribution in [3.63, 3.8) is 0 Å². The summed E-state index contributed by atoms with van der Waals surface area (Å²) in [6.45, 7) is 9.54. The van der Waals surface area contributed by atoms with Gasteiger partial charge in [0.25, 0.3) is 0 Å². The maximum absolute atomic E-state index is 9.54. The van der Waals surface area contributed by atoms with E-state index in [0.717, 1.165) is 99.5 Å². The van der Waals surface area contributed by atoms with Crippen LogP contribution in [0.15, 0.2) is 267 Å². The monoisotopic (exact) mass is 1100 g/mol. The lowest BCUT2D eigenvalue weighted by Crippen LogP contribution is -2.08. The molecule has 17 aromatic rings. The first kappa shape index (κ1) is 47.9. The number of hydrogen-bond donors (Lipinski definition) is 0. The van der Waals surface area contributed by atoms with Gasteiger partial charge in [-0.2, -0.15) is 0 Å². The number of benzene rings is 12. The highest BCUT2D eigenvalue weighted by Gasteiger charge is 2.31. The lowest BCUT2D eigenvalue weighted by atomic mass is 9.94. The average Bonchev–Trinajstić information content (AvgIpc) is 1.93. The Bertz CT molecular complexity index is 5490. The molecular weight excluding hydrogens is 1060 g/mol. The van der Waals surface area contributed by atoms with Crippen molar-refractivity contribution in [2.75, 3.05) is 0 Å². The van der Waals surface area contributed by atoms with Crippen LogP contribution in [0.5, 0.6) is 0 Å². The second kappa shape index (κ2) is 19.2. The smallest absolute Gasteiger partial charge is 0.212 e. The molecule has 6 nitrogen and oxygen atoms in total. The number of hydrogen-bond acceptors (Lipinski definition) is 5. The molecule has 0 radical (unpaired) electrons. The third kappa shape index (κ3) is 7.43. The van der Waals surface area contributed by atoms with Crippen molar-refractivity contribution in [2.45, 2.75) is 0 Å². The fraction of sp³-hybridized carbons (Fsp3) is 0. The van der Waals surface area contributed by atoms with Crippen molar-refractivity contribution in [3.05, 3.63) is 278 Å². The molecule has 84 heavy (non-hydrogen) atoms. The molecule has 0 atom stereocenters. The van der Waals surface area contributed by atoms with Crippen molar-refractivity contribution in [3.8, 4) is 78.9 Å². The van der Waals surface area contributed by atoms with Crippen LogP contribution in [0.2, 0.25) is 0 Å². The van der Waals surface area contributed by atoms with E-state index in [1.165, 1.54) is 40.3 Å². The highest BCUT2D eigenvalue weighted by molar-refractivity contribution is 7.27. The van der Waals surface area contributed by atoms with Crippen LogP contribution in [0.4, 0.5) is 5.69 Å². The molecule has 8 heteroatoms. The quantitative estimate of drug-likeness (QED) is 0.143. The van der Waals surface area contributed by atoms with Crippen molar-refractivity contribution in [2.24, 2.45) is 0 Å². The second-order valence-electron chi connectivity index (χ2n) is 21.3. The van der Waals surface area contributed by atoms with Gasteiger partial charge < -0.3 is 9.13 Å². The largest absolute Gasteiger partial charge is 0.318 e. The molecule has 5 heterocycles. The van der Waals surface area contributed by atoms with Gasteiger partial charge in [0.15, 0.2) is 17.5 Å². The Hall–Kier alpha value is -10.8. The van der Waals surface area contributed by atoms with Crippen LogP contribution in [0, 0.1) is 6.57 Å². The zero-order chi connectivity index (χ0) is 55.4. The first-order valence-corrected chi connectivity index (χ1v) is 29.7. The van der Waals surface area contributed by atoms with Gasteiger partial charge in [0.05, 0.1) is 40.0 Å². The van der Waals surface area contributed by atoms with Gasteiger partial charge in [0.2, 0.25) is 5.69 Å². The predicted octanol–water partition coefficient (Wildman–Crippen LogP) is 21.4. The highest BCUT2D eigenvalue weighted by Crippen LogP contribution is 2.53. The summed E-state index contributed by atoms with van der Waals surface area (Å²) in [5.41, 5.74) is 14.8. The molecule has 17 rings (SSSR count). The number of thiophene rings is 2. The average molecular weight is 1110 g/mol. The molecule has 12 aromatic carbocycles. The summed E-state index contributed by atoms with van der Waals surface area (Å²) < 4.78 is 9.73. The molecule has 0 saturated carbocycles. The van der Waals surface area contributed by atoms with Gasteiger partial charge in [-0.05, 0) is 82.4 Å². The van der Waals surface area contributed by atoms with Crippen molar-refractivity contribution in [1.82, 2.24) is 24.1 Å². The second-order valence-corrected chi connectivity index (χ2v) is 23.4. The van der Waals surface area contributed by atoms with Crippen LogP contribution in [-0.4, -0.2) is 24.1 Å². The van der Waals surface area contributed by atoms with Gasteiger partial charge >= 0.3 is 0 Å². The summed E-state index contributed by atoms with van der Waals surface area (Å²) >= 11 is 3.67. The van der Waals surface area contributed by atoms with E-state index < -0.39 is 0 Å². The Labute approximate surface area is 490 Å². The van der Waals surface area contributed by atoms with Crippen LogP contribution in [-0.2, 0) is 0 Å². The molecule has 0 bridgehead atoms. The molecule has 0 aliphatic heterocycles. The minimum atomic E-state index is 0.451. The Morgan fingerprint density at radius 2 is 0.702 bits per heavy atom. The van der Waals surface area contributed by atoms with Gasteiger partial charge in [-0.25, -0.2) is 19.8 Å². The Balaban J connectivity index is 1.09. The molecule has 0 unspecified atom stereocenters. The molecular formula is C76H44N6S2. The molecule has 0 aliphatic rings. The summed E-state index contributed by atoms with van der Waals surface area (Å²) in [4.78, 5) is 20.9. The maximum Gasteiger partial charge on any atom is 0.212 e. The van der Waals surface area contributed by atoms with Gasteiger partial charge in [-0.1, -0.05) is 212 Å². The van der Waals surface area contributed by atoms with Crippen LogP contribution >= 0.6 is 22.7 Å². The number of aromatic nitrogens is 5. The van der Waals surface area contributed by atoms with Gasteiger partial charge in [-0.3, -0.25) is 0 Å². The summed E-state index contributed by atoms with van der Waals surface area (Å²) in [6, 6.07) is 94.7. The Kier molecular flexibility index (Phi) is 10.9. The molecule has 390 valence electrons. The van der Waals surface area contributed by atoms with E-state index in [2.05, 4.69) is 220 Å². The zero-order valence-corrected chi connectivity index (χ0v) is 46.5. The van der Waals surface area contributed by atoms with Crippen molar-refractivity contribution in [1.29, 1.82) is 0 Å². The molecule has 0 amide bonds. The predicted molar refractivity (Wildman–Crippen MR) is 353 cm³/mol. The molecule has 0 aliphatic carbocycles. The van der Waals surface area contributed by atoms with E-state index in [0.29, 0.717) is 28.7 Å². The summed E-state index contributed by atoms with van der Waals surface area (Å²) in [5, 5.41) is 9.42. The van der Waals surface area contributed by atoms with Gasteiger partial charge in [0.1, 0.15) is 0 Å². The van der Waals surface area contributed by atoms with E-state index in [-0.39, 0.29) is 0 Å². The summed E-state index contributed by atoms with van der Waals surface area (Å²) in [6.07, 6.45) is 0. The van der Waals surface area contributed by atoms with Gasteiger partial charge in [0, 0.05) is 84.1 Å². The van der Waals surface area contributed by atoms with E-state index >= 15 is 0 Å². The molecule has 0 spiro atoms. The number of rotatable bonds is 8. The lowest BCUT2D eigenvalue weighted by molar-refractivity contribution is 1.06. The lowest BCUT2D eigenvalue weighted by Gasteiger charge is -2.24. The molecule has 0 fully saturated rings. The first-order chi connectivity index (χ1) is 41.6. The van der Waals surface area contributed by atoms with Crippen molar-refractivity contribution >= 4 is 112 Å². The third-order valence-electron chi connectivity index (χ3n) is 16.6. The Morgan fingerprint density at radius 3 is 1.17 bits per heavy atom. The first-order valence-electron chi connectivity index (χ1n) is 28.0. The normalized spacial score (nSPS) is 11.8. The molecule has 0 saturated heterocycles. The fourth-order valence-corrected chi connectivity index (χ4v) is 15.4. The zero-order valence-electron chi connectivity index (χ0n) is 44.9. The molecule has 5 aromatic heterocycles. The van der Waals surface area contributed by atoms with Crippen LogP contribution in [0.3, 0.4) is 0 Å². The molecule has 0 N–H and O–H groups in total. The van der Waals surface area contributed by atoms with Crippen LogP contribution in [0.1, 0.15) is 0 Å². The fourth-order valence-electron chi connectivity index (χ4n) is 12.8. The van der Waals surface area contributed by atoms with Crippen LogP contribution in [0.25, 0.3) is 168 Å². The Morgan fingerprint density at radius 1 is 0.310 bits per heavy atom. The van der Waals surface area contributed by atoms with E-state index in [9.17, 15) is 6.57 Å². The summed E-state index contributed by atoms with van der Waals surface area (Å²) in [7, 11) is 0. The minimum absolute atomic E-state index is 0.451. The SMILES string of the molecule is [C-]#[N+]c1cc(-c2nc(-c3ccccc3)nc(-c3ccccc3)n2)c(-n2c3ccc(-c4ccccc4)cc3c3c4sc5ccccc5c4ccc32)c(-c2ccccc2)c1-n1c2ccc(-c3ccccc3)cc2c2c3sc4ccccc4c3ccc21. The summed E-state index contributed by atoms with van der Waals surface area (Å²) in [5.74, 6) is 1.52. The number of nitrogens with zero attached hydrogens (tertiary/aromatic N) is 6.